The summed E-state index contributed by atoms with van der Waals surface area (Å²) in [6, 6.07) is 5.42. The van der Waals surface area contributed by atoms with E-state index in [0.717, 1.165) is 29.4 Å². The van der Waals surface area contributed by atoms with Crippen molar-refractivity contribution >= 4 is 22.2 Å². The maximum atomic E-state index is 10.5. The van der Waals surface area contributed by atoms with Crippen LogP contribution in [-0.2, 0) is 0 Å². The Balaban J connectivity index is 2.18. The first-order valence-corrected chi connectivity index (χ1v) is 5.00. The summed E-state index contributed by atoms with van der Waals surface area (Å²) in [6.45, 7) is 0. The van der Waals surface area contributed by atoms with E-state index in [9.17, 15) is 4.79 Å². The van der Waals surface area contributed by atoms with E-state index in [1.54, 1.807) is 6.07 Å². The van der Waals surface area contributed by atoms with Gasteiger partial charge >= 0.3 is 0 Å². The van der Waals surface area contributed by atoms with Crippen molar-refractivity contribution in [3.05, 3.63) is 28.2 Å². The van der Waals surface area contributed by atoms with Crippen LogP contribution in [0, 0.1) is 0 Å². The number of hydrogen-bond acceptors (Lipinski definition) is 2. The first-order valence-electron chi connectivity index (χ1n) is 4.21. The molecule has 68 valence electrons. The third kappa shape index (κ3) is 2.10. The molecular weight excluding hydrogens is 232 g/mol. The van der Waals surface area contributed by atoms with Crippen LogP contribution in [0.4, 0.5) is 0 Å². The number of ether oxygens (including phenoxy) is 1. The van der Waals surface area contributed by atoms with Crippen molar-refractivity contribution < 1.29 is 9.53 Å². The maximum absolute atomic E-state index is 10.5. The molecule has 1 fully saturated rings. The summed E-state index contributed by atoms with van der Waals surface area (Å²) in [7, 11) is 0. The summed E-state index contributed by atoms with van der Waals surface area (Å²) in [5.41, 5.74) is 0.656. The second-order valence-corrected chi connectivity index (χ2v) is 3.97. The molecule has 0 aromatic heterocycles. The number of aldehydes is 1. The Labute approximate surface area is 85.0 Å². The van der Waals surface area contributed by atoms with Crippen LogP contribution in [0.2, 0.25) is 0 Å². The van der Waals surface area contributed by atoms with Gasteiger partial charge in [0.15, 0.2) is 6.29 Å². The number of hydrogen-bond donors (Lipinski definition) is 0. The summed E-state index contributed by atoms with van der Waals surface area (Å²) in [4.78, 5) is 10.5. The van der Waals surface area contributed by atoms with Gasteiger partial charge in [-0.1, -0.05) is 0 Å². The Morgan fingerprint density at radius 3 is 2.77 bits per heavy atom. The fourth-order valence-electron chi connectivity index (χ4n) is 1.06. The molecule has 3 heteroatoms. The van der Waals surface area contributed by atoms with Crippen molar-refractivity contribution in [1.29, 1.82) is 0 Å². The number of halogens is 1. The molecule has 1 aliphatic rings. The second-order valence-electron chi connectivity index (χ2n) is 3.12. The van der Waals surface area contributed by atoms with E-state index in [4.69, 9.17) is 4.74 Å². The van der Waals surface area contributed by atoms with E-state index in [1.807, 2.05) is 12.1 Å². The predicted molar refractivity (Wildman–Crippen MR) is 53.2 cm³/mol. The Kier molecular flexibility index (Phi) is 2.36. The molecule has 0 radical (unpaired) electrons. The van der Waals surface area contributed by atoms with Crippen molar-refractivity contribution in [2.45, 2.75) is 18.9 Å². The van der Waals surface area contributed by atoms with Gasteiger partial charge in [-0.25, -0.2) is 0 Å². The monoisotopic (exact) mass is 240 g/mol. The van der Waals surface area contributed by atoms with Crippen LogP contribution in [0.25, 0.3) is 0 Å². The maximum Gasteiger partial charge on any atom is 0.151 e. The standard InChI is InChI=1S/C10H9BrO2/c11-10-5-9(13-8-3-4-8)2-1-7(10)6-12/h1-2,5-6,8H,3-4H2. The first-order chi connectivity index (χ1) is 6.29. The Morgan fingerprint density at radius 1 is 1.46 bits per heavy atom. The lowest BCUT2D eigenvalue weighted by Crippen LogP contribution is -1.96. The van der Waals surface area contributed by atoms with Crippen LogP contribution in [0.3, 0.4) is 0 Å². The molecular formula is C10H9BrO2. The molecule has 0 bridgehead atoms. The lowest BCUT2D eigenvalue weighted by atomic mass is 10.2. The van der Waals surface area contributed by atoms with E-state index in [-0.39, 0.29) is 0 Å². The summed E-state index contributed by atoms with van der Waals surface area (Å²) in [5.74, 6) is 0.833. The van der Waals surface area contributed by atoms with Crippen molar-refractivity contribution in [2.75, 3.05) is 0 Å². The van der Waals surface area contributed by atoms with Gasteiger partial charge in [0, 0.05) is 10.0 Å². The minimum Gasteiger partial charge on any atom is -0.490 e. The number of carbonyl (C=O) groups excluding carboxylic acids is 1. The summed E-state index contributed by atoms with van der Waals surface area (Å²) >= 11 is 3.31. The Morgan fingerprint density at radius 2 is 2.23 bits per heavy atom. The van der Waals surface area contributed by atoms with E-state index in [0.29, 0.717) is 11.7 Å². The van der Waals surface area contributed by atoms with Gasteiger partial charge in [-0.2, -0.15) is 0 Å². The van der Waals surface area contributed by atoms with Crippen LogP contribution in [0.1, 0.15) is 23.2 Å². The van der Waals surface area contributed by atoms with E-state index in [1.165, 1.54) is 0 Å². The largest absolute Gasteiger partial charge is 0.490 e. The highest BCUT2D eigenvalue weighted by Gasteiger charge is 2.23. The lowest BCUT2D eigenvalue weighted by Gasteiger charge is -2.04. The highest BCUT2D eigenvalue weighted by molar-refractivity contribution is 9.10. The topological polar surface area (TPSA) is 26.3 Å². The molecule has 1 aromatic carbocycles. The summed E-state index contributed by atoms with van der Waals surface area (Å²) in [6.07, 6.45) is 3.51. The Hall–Kier alpha value is -0.830. The molecule has 0 spiro atoms. The van der Waals surface area contributed by atoms with E-state index < -0.39 is 0 Å². The Bertz CT molecular complexity index is 332. The van der Waals surface area contributed by atoms with E-state index in [2.05, 4.69) is 15.9 Å². The molecule has 1 aromatic rings. The molecule has 2 rings (SSSR count). The van der Waals surface area contributed by atoms with Crippen molar-refractivity contribution in [2.24, 2.45) is 0 Å². The van der Waals surface area contributed by atoms with Gasteiger partial charge in [0.2, 0.25) is 0 Å². The molecule has 0 heterocycles. The van der Waals surface area contributed by atoms with Crippen LogP contribution in [0.15, 0.2) is 22.7 Å². The quantitative estimate of drug-likeness (QED) is 0.760. The minimum absolute atomic E-state index is 0.397. The van der Waals surface area contributed by atoms with Crippen molar-refractivity contribution in [3.8, 4) is 5.75 Å². The third-order valence-electron chi connectivity index (χ3n) is 1.93. The second kappa shape index (κ2) is 3.50. The molecule has 0 unspecified atom stereocenters. The first kappa shape index (κ1) is 8.75. The van der Waals surface area contributed by atoms with Gasteiger partial charge in [0.05, 0.1) is 6.10 Å². The van der Waals surface area contributed by atoms with Crippen molar-refractivity contribution in [3.63, 3.8) is 0 Å². The molecule has 1 saturated carbocycles. The van der Waals surface area contributed by atoms with E-state index >= 15 is 0 Å². The zero-order valence-corrected chi connectivity index (χ0v) is 8.58. The summed E-state index contributed by atoms with van der Waals surface area (Å²) in [5, 5.41) is 0. The fraction of sp³-hybridized carbons (Fsp3) is 0.300. The average molecular weight is 241 g/mol. The number of carbonyl (C=O) groups is 1. The molecule has 2 nitrogen and oxygen atoms in total. The smallest absolute Gasteiger partial charge is 0.151 e. The summed E-state index contributed by atoms with van der Waals surface area (Å²) < 4.78 is 6.35. The molecule has 13 heavy (non-hydrogen) atoms. The lowest BCUT2D eigenvalue weighted by molar-refractivity contribution is 0.112. The number of benzene rings is 1. The normalized spacial score (nSPS) is 15.5. The average Bonchev–Trinajstić information content (AvgIpc) is 2.89. The van der Waals surface area contributed by atoms with Gasteiger partial charge in [-0.15, -0.1) is 0 Å². The number of rotatable bonds is 3. The molecule has 0 atom stereocenters. The van der Waals surface area contributed by atoms with Gasteiger partial charge in [0.1, 0.15) is 5.75 Å². The zero-order valence-electron chi connectivity index (χ0n) is 7.00. The van der Waals surface area contributed by atoms with Crippen LogP contribution >= 0.6 is 15.9 Å². The van der Waals surface area contributed by atoms with Crippen LogP contribution in [-0.4, -0.2) is 12.4 Å². The minimum atomic E-state index is 0.397. The van der Waals surface area contributed by atoms with Gasteiger partial charge < -0.3 is 4.74 Å². The van der Waals surface area contributed by atoms with Gasteiger partial charge in [0.25, 0.3) is 0 Å². The molecule has 0 N–H and O–H groups in total. The molecule has 0 amide bonds. The van der Waals surface area contributed by atoms with Crippen LogP contribution in [0.5, 0.6) is 5.75 Å². The van der Waals surface area contributed by atoms with Gasteiger partial charge in [-0.05, 0) is 47.0 Å². The van der Waals surface area contributed by atoms with Crippen LogP contribution < -0.4 is 4.74 Å². The fourth-order valence-corrected chi connectivity index (χ4v) is 1.51. The predicted octanol–water partition coefficient (Wildman–Crippen LogP) is 2.80. The highest BCUT2D eigenvalue weighted by atomic mass is 79.9. The van der Waals surface area contributed by atoms with Gasteiger partial charge in [-0.3, -0.25) is 4.79 Å². The molecule has 0 aliphatic heterocycles. The molecule has 1 aliphatic carbocycles. The third-order valence-corrected chi connectivity index (χ3v) is 2.61. The molecule has 0 saturated heterocycles. The highest BCUT2D eigenvalue weighted by Crippen LogP contribution is 2.29. The van der Waals surface area contributed by atoms with Crippen molar-refractivity contribution in [1.82, 2.24) is 0 Å². The SMILES string of the molecule is O=Cc1ccc(OC2CC2)cc1Br. The zero-order chi connectivity index (χ0) is 9.26.